The minimum atomic E-state index is -0.110. The fourth-order valence-corrected chi connectivity index (χ4v) is 3.04. The molecular formula is C16H26O4. The Morgan fingerprint density at radius 3 is 1.40 bits per heavy atom. The predicted molar refractivity (Wildman–Crippen MR) is 75.2 cm³/mol. The Kier molecular flexibility index (Phi) is 6.34. The Bertz CT molecular complexity index is 282. The summed E-state index contributed by atoms with van der Waals surface area (Å²) in [6, 6.07) is 0. The van der Waals surface area contributed by atoms with Gasteiger partial charge in [0.2, 0.25) is 0 Å². The molecule has 2 saturated carbocycles. The predicted octanol–water partition coefficient (Wildman–Crippen LogP) is 3.52. The van der Waals surface area contributed by atoms with Gasteiger partial charge in [0.25, 0.3) is 0 Å². The quantitative estimate of drug-likeness (QED) is 0.529. The Morgan fingerprint density at radius 1 is 0.700 bits per heavy atom. The molecule has 2 fully saturated rings. The van der Waals surface area contributed by atoms with Crippen LogP contribution in [0, 0.1) is 0 Å². The van der Waals surface area contributed by atoms with Crippen molar-refractivity contribution in [3.8, 4) is 0 Å². The van der Waals surface area contributed by atoms with E-state index < -0.39 is 0 Å². The van der Waals surface area contributed by atoms with Crippen LogP contribution in [-0.4, -0.2) is 24.1 Å². The second kappa shape index (κ2) is 8.28. The Balaban J connectivity index is 1.47. The van der Waals surface area contributed by atoms with E-state index >= 15 is 0 Å². The molecule has 2 aliphatic rings. The third kappa shape index (κ3) is 5.51. The maximum Gasteiger partial charge on any atom is 0.306 e. The zero-order chi connectivity index (χ0) is 14.2. The summed E-state index contributed by atoms with van der Waals surface area (Å²) < 4.78 is 10.7. The molecule has 0 saturated heterocycles. The number of unbranched alkanes of at least 4 members (excludes halogenated alkanes) is 1. The second-order valence-electron chi connectivity index (χ2n) is 6.00. The van der Waals surface area contributed by atoms with E-state index in [1.54, 1.807) is 0 Å². The SMILES string of the molecule is O=C(CCCCC(=O)OC1CCCC1)OC1CCCC1. The summed E-state index contributed by atoms with van der Waals surface area (Å²) >= 11 is 0. The smallest absolute Gasteiger partial charge is 0.306 e. The van der Waals surface area contributed by atoms with Gasteiger partial charge in [0, 0.05) is 12.8 Å². The normalized spacial score (nSPS) is 20.2. The van der Waals surface area contributed by atoms with Gasteiger partial charge in [0.15, 0.2) is 0 Å². The summed E-state index contributed by atoms with van der Waals surface area (Å²) in [7, 11) is 0. The highest BCUT2D eigenvalue weighted by Gasteiger charge is 2.20. The first-order valence-electron chi connectivity index (χ1n) is 8.13. The number of esters is 2. The molecule has 0 radical (unpaired) electrons. The Hall–Kier alpha value is -1.06. The molecule has 0 bridgehead atoms. The lowest BCUT2D eigenvalue weighted by Gasteiger charge is -2.12. The number of carbonyl (C=O) groups excluding carboxylic acids is 2. The van der Waals surface area contributed by atoms with Gasteiger partial charge in [0.05, 0.1) is 0 Å². The van der Waals surface area contributed by atoms with Gasteiger partial charge in [-0.1, -0.05) is 0 Å². The van der Waals surface area contributed by atoms with E-state index in [4.69, 9.17) is 9.47 Å². The third-order valence-corrected chi connectivity index (χ3v) is 4.21. The maximum absolute atomic E-state index is 11.6. The van der Waals surface area contributed by atoms with E-state index in [1.165, 1.54) is 25.7 Å². The molecule has 0 aromatic rings. The molecule has 0 aliphatic heterocycles. The van der Waals surface area contributed by atoms with Crippen LogP contribution in [0.1, 0.15) is 77.0 Å². The summed E-state index contributed by atoms with van der Waals surface area (Å²) in [5, 5.41) is 0. The molecule has 20 heavy (non-hydrogen) atoms. The summed E-state index contributed by atoms with van der Waals surface area (Å²) in [6.45, 7) is 0. The van der Waals surface area contributed by atoms with Crippen LogP contribution in [0.3, 0.4) is 0 Å². The van der Waals surface area contributed by atoms with Crippen LogP contribution in [-0.2, 0) is 19.1 Å². The van der Waals surface area contributed by atoms with E-state index in [2.05, 4.69) is 0 Å². The molecule has 114 valence electrons. The molecule has 0 aromatic carbocycles. The molecule has 4 nitrogen and oxygen atoms in total. The average Bonchev–Trinajstić information content (AvgIpc) is 3.08. The van der Waals surface area contributed by atoms with Crippen molar-refractivity contribution in [1.82, 2.24) is 0 Å². The van der Waals surface area contributed by atoms with Gasteiger partial charge in [-0.3, -0.25) is 9.59 Å². The zero-order valence-electron chi connectivity index (χ0n) is 12.3. The van der Waals surface area contributed by atoms with Crippen molar-refractivity contribution < 1.29 is 19.1 Å². The van der Waals surface area contributed by atoms with Crippen molar-refractivity contribution in [2.24, 2.45) is 0 Å². The van der Waals surface area contributed by atoms with Crippen molar-refractivity contribution in [3.63, 3.8) is 0 Å². The molecule has 0 atom stereocenters. The van der Waals surface area contributed by atoms with Crippen LogP contribution in [0.15, 0.2) is 0 Å². The molecule has 0 spiro atoms. The third-order valence-electron chi connectivity index (χ3n) is 4.21. The molecule has 0 unspecified atom stereocenters. The summed E-state index contributed by atoms with van der Waals surface area (Å²) in [6.07, 6.45) is 11.3. The molecule has 0 N–H and O–H groups in total. The van der Waals surface area contributed by atoms with Crippen LogP contribution in [0.4, 0.5) is 0 Å². The topological polar surface area (TPSA) is 52.6 Å². The van der Waals surface area contributed by atoms with Gasteiger partial charge in [-0.15, -0.1) is 0 Å². The standard InChI is InChI=1S/C16H26O4/c17-15(19-13-7-1-2-8-13)11-5-6-12-16(18)20-14-9-3-4-10-14/h13-14H,1-12H2. The summed E-state index contributed by atoms with van der Waals surface area (Å²) in [5.41, 5.74) is 0. The molecule has 2 rings (SSSR count). The Morgan fingerprint density at radius 2 is 1.05 bits per heavy atom. The van der Waals surface area contributed by atoms with Gasteiger partial charge in [-0.25, -0.2) is 0 Å². The van der Waals surface area contributed by atoms with E-state index in [0.717, 1.165) is 25.7 Å². The highest BCUT2D eigenvalue weighted by Crippen LogP contribution is 2.22. The van der Waals surface area contributed by atoms with Crippen molar-refractivity contribution in [2.75, 3.05) is 0 Å². The first-order valence-corrected chi connectivity index (χ1v) is 8.13. The lowest BCUT2D eigenvalue weighted by molar-refractivity contribution is -0.151. The first kappa shape index (κ1) is 15.3. The van der Waals surface area contributed by atoms with Gasteiger partial charge in [-0.2, -0.15) is 0 Å². The number of rotatable bonds is 7. The van der Waals surface area contributed by atoms with Crippen LogP contribution >= 0.6 is 0 Å². The largest absolute Gasteiger partial charge is 0.462 e. The molecule has 4 heteroatoms. The van der Waals surface area contributed by atoms with E-state index in [0.29, 0.717) is 25.7 Å². The number of ether oxygens (including phenoxy) is 2. The monoisotopic (exact) mass is 282 g/mol. The van der Waals surface area contributed by atoms with Gasteiger partial charge in [0.1, 0.15) is 12.2 Å². The number of hydrogen-bond acceptors (Lipinski definition) is 4. The van der Waals surface area contributed by atoms with Crippen LogP contribution in [0.5, 0.6) is 0 Å². The second-order valence-corrected chi connectivity index (χ2v) is 6.00. The molecule has 2 aliphatic carbocycles. The summed E-state index contributed by atoms with van der Waals surface area (Å²) in [4.78, 5) is 23.2. The highest BCUT2D eigenvalue weighted by atomic mass is 16.5. The van der Waals surface area contributed by atoms with Crippen LogP contribution in [0.25, 0.3) is 0 Å². The van der Waals surface area contributed by atoms with Crippen molar-refractivity contribution >= 4 is 11.9 Å². The van der Waals surface area contributed by atoms with Gasteiger partial charge < -0.3 is 9.47 Å². The highest BCUT2D eigenvalue weighted by molar-refractivity contribution is 5.70. The van der Waals surface area contributed by atoms with Crippen molar-refractivity contribution in [1.29, 1.82) is 0 Å². The maximum atomic E-state index is 11.6. The average molecular weight is 282 g/mol. The number of hydrogen-bond donors (Lipinski definition) is 0. The van der Waals surface area contributed by atoms with Crippen molar-refractivity contribution in [3.05, 3.63) is 0 Å². The van der Waals surface area contributed by atoms with Crippen LogP contribution < -0.4 is 0 Å². The fraction of sp³-hybridized carbons (Fsp3) is 0.875. The molecule has 0 amide bonds. The minimum absolute atomic E-state index is 0.110. The van der Waals surface area contributed by atoms with Gasteiger partial charge >= 0.3 is 11.9 Å². The molecule has 0 aromatic heterocycles. The van der Waals surface area contributed by atoms with Crippen molar-refractivity contribution in [2.45, 2.75) is 89.3 Å². The lowest BCUT2D eigenvalue weighted by Crippen LogP contribution is -2.15. The lowest BCUT2D eigenvalue weighted by atomic mass is 10.2. The summed E-state index contributed by atoms with van der Waals surface area (Å²) in [5.74, 6) is -0.220. The van der Waals surface area contributed by atoms with E-state index in [-0.39, 0.29) is 24.1 Å². The van der Waals surface area contributed by atoms with Crippen LogP contribution in [0.2, 0.25) is 0 Å². The van der Waals surface area contributed by atoms with E-state index in [1.807, 2.05) is 0 Å². The van der Waals surface area contributed by atoms with E-state index in [9.17, 15) is 9.59 Å². The zero-order valence-corrected chi connectivity index (χ0v) is 12.3. The molecular weight excluding hydrogens is 256 g/mol. The first-order chi connectivity index (χ1) is 9.74. The molecule has 0 heterocycles. The number of carbonyl (C=O) groups is 2. The van der Waals surface area contributed by atoms with Gasteiger partial charge in [-0.05, 0) is 64.2 Å². The fourth-order valence-electron chi connectivity index (χ4n) is 3.04. The Labute approximate surface area is 121 Å². The minimum Gasteiger partial charge on any atom is -0.462 e.